The van der Waals surface area contributed by atoms with Crippen molar-refractivity contribution in [3.63, 3.8) is 0 Å². The highest BCUT2D eigenvalue weighted by atomic mass is 14.3. The third-order valence-electron chi connectivity index (χ3n) is 3.58. The molecule has 1 aromatic rings. The summed E-state index contributed by atoms with van der Waals surface area (Å²) >= 11 is 0. The Morgan fingerprint density at radius 3 is 2.42 bits per heavy atom. The Bertz CT molecular complexity index is 580. The van der Waals surface area contributed by atoms with Gasteiger partial charge in [-0.2, -0.15) is 0 Å². The summed E-state index contributed by atoms with van der Waals surface area (Å²) in [5, 5.41) is 0. The van der Waals surface area contributed by atoms with E-state index in [1.54, 1.807) is 0 Å². The van der Waals surface area contributed by atoms with Gasteiger partial charge in [0, 0.05) is 0 Å². The fraction of sp³-hybridized carbons (Fsp3) is 0.263. The molecule has 0 atom stereocenters. The fourth-order valence-corrected chi connectivity index (χ4v) is 2.74. The third-order valence-corrected chi connectivity index (χ3v) is 3.58. The molecule has 98 valence electrons. The van der Waals surface area contributed by atoms with Crippen molar-refractivity contribution in [3.8, 4) is 0 Å². The molecule has 0 N–H and O–H groups in total. The minimum absolute atomic E-state index is 1.02. The Balaban J connectivity index is 0.000000637. The summed E-state index contributed by atoms with van der Waals surface area (Å²) in [5.41, 5.74) is 7.95. The summed E-state index contributed by atoms with van der Waals surface area (Å²) in [6.45, 7) is 10.5. The van der Waals surface area contributed by atoms with E-state index in [1.165, 1.54) is 33.4 Å². The number of hydrogen-bond acceptors (Lipinski definition) is 0. The molecule has 0 nitrogen and oxygen atoms in total. The molecule has 0 aliphatic heterocycles. The minimum Gasteiger partial charge on any atom is -0.0905 e. The van der Waals surface area contributed by atoms with Crippen LogP contribution in [0.3, 0.4) is 0 Å². The molecule has 0 bridgehead atoms. The quantitative estimate of drug-likeness (QED) is 0.611. The lowest BCUT2D eigenvalue weighted by atomic mass is 9.96. The van der Waals surface area contributed by atoms with Crippen LogP contribution in [0.5, 0.6) is 0 Å². The molecule has 3 rings (SSSR count). The van der Waals surface area contributed by atoms with E-state index in [-0.39, 0.29) is 0 Å². The zero-order chi connectivity index (χ0) is 13.8. The van der Waals surface area contributed by atoms with Crippen molar-refractivity contribution in [2.24, 2.45) is 0 Å². The van der Waals surface area contributed by atoms with Gasteiger partial charge in [0.15, 0.2) is 0 Å². The van der Waals surface area contributed by atoms with E-state index < -0.39 is 0 Å². The van der Waals surface area contributed by atoms with E-state index in [0.717, 1.165) is 12.8 Å². The van der Waals surface area contributed by atoms with Crippen LogP contribution >= 0.6 is 0 Å². The van der Waals surface area contributed by atoms with Gasteiger partial charge in [0.05, 0.1) is 0 Å². The van der Waals surface area contributed by atoms with Gasteiger partial charge in [-0.15, -0.1) is 0 Å². The van der Waals surface area contributed by atoms with E-state index >= 15 is 0 Å². The topological polar surface area (TPSA) is 0 Å². The van der Waals surface area contributed by atoms with Crippen molar-refractivity contribution >= 4 is 11.1 Å². The molecular weight excluding hydrogens is 228 g/mol. The van der Waals surface area contributed by atoms with Crippen molar-refractivity contribution in [3.05, 3.63) is 71.3 Å². The van der Waals surface area contributed by atoms with Crippen LogP contribution in [0.2, 0.25) is 0 Å². The lowest BCUT2D eigenvalue weighted by Gasteiger charge is -2.08. The highest BCUT2D eigenvalue weighted by Crippen LogP contribution is 2.44. The minimum atomic E-state index is 1.02. The normalized spacial score (nSPS) is 15.6. The van der Waals surface area contributed by atoms with Gasteiger partial charge in [-0.05, 0) is 46.3 Å². The van der Waals surface area contributed by atoms with Crippen molar-refractivity contribution in [2.45, 2.75) is 33.6 Å². The fourth-order valence-electron chi connectivity index (χ4n) is 2.74. The van der Waals surface area contributed by atoms with Gasteiger partial charge in [0.25, 0.3) is 0 Å². The molecule has 2 aliphatic carbocycles. The number of allylic oxidation sites excluding steroid dienone is 7. The zero-order valence-corrected chi connectivity index (χ0v) is 12.2. The summed E-state index contributed by atoms with van der Waals surface area (Å²) in [7, 11) is 0. The molecule has 0 saturated carbocycles. The van der Waals surface area contributed by atoms with Crippen molar-refractivity contribution in [1.29, 1.82) is 0 Å². The second-order valence-electron chi connectivity index (χ2n) is 4.54. The predicted octanol–water partition coefficient (Wildman–Crippen LogP) is 5.57. The number of fused-ring (bicyclic) bond motifs is 2. The number of rotatable bonds is 1. The largest absolute Gasteiger partial charge is 0.0905 e. The van der Waals surface area contributed by atoms with E-state index in [4.69, 9.17) is 0 Å². The van der Waals surface area contributed by atoms with E-state index in [0.29, 0.717) is 0 Å². The first-order valence-corrected chi connectivity index (χ1v) is 7.22. The van der Waals surface area contributed by atoms with Gasteiger partial charge in [-0.3, -0.25) is 0 Å². The van der Waals surface area contributed by atoms with E-state index in [2.05, 4.69) is 56.0 Å². The standard InChI is InChI=1S/C17H16.C2H6/c1-3-13-8-7-11-16-15-10-6-4-5-9-14(15)12(2)17(13)16;1-2/h5-11H,2-4H2,1H3;1-2H3. The molecule has 0 unspecified atom stereocenters. The van der Waals surface area contributed by atoms with E-state index in [1.807, 2.05) is 13.8 Å². The average molecular weight is 250 g/mol. The molecule has 1 aromatic carbocycles. The maximum absolute atomic E-state index is 4.29. The van der Waals surface area contributed by atoms with Crippen LogP contribution in [-0.4, -0.2) is 0 Å². The van der Waals surface area contributed by atoms with Gasteiger partial charge in [-0.25, -0.2) is 0 Å². The second-order valence-corrected chi connectivity index (χ2v) is 4.54. The van der Waals surface area contributed by atoms with Crippen LogP contribution in [-0.2, 0) is 6.42 Å². The van der Waals surface area contributed by atoms with Gasteiger partial charge in [-0.1, -0.05) is 69.9 Å². The molecule has 0 saturated heterocycles. The van der Waals surface area contributed by atoms with E-state index in [9.17, 15) is 0 Å². The van der Waals surface area contributed by atoms with Crippen LogP contribution in [0, 0.1) is 0 Å². The smallest absolute Gasteiger partial charge is 0.00729 e. The molecule has 0 fully saturated rings. The Morgan fingerprint density at radius 1 is 1.05 bits per heavy atom. The molecule has 19 heavy (non-hydrogen) atoms. The van der Waals surface area contributed by atoms with Crippen LogP contribution in [0.15, 0.2) is 54.7 Å². The lowest BCUT2D eigenvalue weighted by molar-refractivity contribution is 1.13. The predicted molar refractivity (Wildman–Crippen MR) is 86.0 cm³/mol. The van der Waals surface area contributed by atoms with Crippen LogP contribution in [0.25, 0.3) is 11.1 Å². The number of hydrogen-bond donors (Lipinski definition) is 0. The maximum Gasteiger partial charge on any atom is -0.00729 e. The molecule has 0 spiro atoms. The lowest BCUT2D eigenvalue weighted by Crippen LogP contribution is -1.91. The van der Waals surface area contributed by atoms with Crippen molar-refractivity contribution < 1.29 is 0 Å². The maximum atomic E-state index is 4.29. The van der Waals surface area contributed by atoms with Crippen molar-refractivity contribution in [2.75, 3.05) is 0 Å². The van der Waals surface area contributed by atoms with Crippen molar-refractivity contribution in [1.82, 2.24) is 0 Å². The Kier molecular flexibility index (Phi) is 4.21. The number of aryl methyl sites for hydroxylation is 1. The third kappa shape index (κ3) is 2.23. The monoisotopic (exact) mass is 250 g/mol. The molecule has 0 heteroatoms. The molecule has 0 heterocycles. The molecule has 2 aliphatic rings. The first-order chi connectivity index (χ1) is 9.33. The number of benzene rings is 1. The summed E-state index contributed by atoms with van der Waals surface area (Å²) in [6, 6.07) is 6.58. The second kappa shape index (κ2) is 5.88. The highest BCUT2D eigenvalue weighted by molar-refractivity contribution is 6.05. The van der Waals surface area contributed by atoms with Gasteiger partial charge >= 0.3 is 0 Å². The first-order valence-electron chi connectivity index (χ1n) is 7.22. The summed E-state index contributed by atoms with van der Waals surface area (Å²) in [4.78, 5) is 0. The zero-order valence-electron chi connectivity index (χ0n) is 12.2. The highest BCUT2D eigenvalue weighted by Gasteiger charge is 2.24. The van der Waals surface area contributed by atoms with Gasteiger partial charge in [0.1, 0.15) is 0 Å². The van der Waals surface area contributed by atoms with Gasteiger partial charge < -0.3 is 0 Å². The average Bonchev–Trinajstić information content (AvgIpc) is 2.65. The summed E-state index contributed by atoms with van der Waals surface area (Å²) in [5.74, 6) is 0. The first kappa shape index (κ1) is 13.6. The van der Waals surface area contributed by atoms with Crippen LogP contribution < -0.4 is 0 Å². The summed E-state index contributed by atoms with van der Waals surface area (Å²) in [6.07, 6.45) is 11.0. The summed E-state index contributed by atoms with van der Waals surface area (Å²) < 4.78 is 0. The molecule has 0 aromatic heterocycles. The molecule has 0 amide bonds. The van der Waals surface area contributed by atoms with Gasteiger partial charge in [0.2, 0.25) is 0 Å². The molecule has 0 radical (unpaired) electrons. The van der Waals surface area contributed by atoms with Crippen LogP contribution in [0.1, 0.15) is 43.9 Å². The Hall–Kier alpha value is -1.82. The Morgan fingerprint density at radius 2 is 1.74 bits per heavy atom. The Labute approximate surface area is 116 Å². The SMILES string of the molecule is C=C1C2=C(C=CCC=C2)c2cccc(CC)c21.CC. The van der Waals surface area contributed by atoms with Crippen LogP contribution in [0.4, 0.5) is 0 Å². The molecular formula is C19H22.